The van der Waals surface area contributed by atoms with Gasteiger partial charge in [0.15, 0.2) is 0 Å². The van der Waals surface area contributed by atoms with Gasteiger partial charge in [-0.3, -0.25) is 0 Å². The van der Waals surface area contributed by atoms with Crippen molar-refractivity contribution in [2.24, 2.45) is 11.7 Å². The monoisotopic (exact) mass is 156 g/mol. The number of likely N-dealkylation sites (N-methyl/N-ethyl adjacent to an activating group) is 1. The van der Waals surface area contributed by atoms with Crippen molar-refractivity contribution in [1.29, 1.82) is 0 Å². The molecule has 1 fully saturated rings. The van der Waals surface area contributed by atoms with Crippen LogP contribution >= 0.6 is 0 Å². The molecule has 2 heteroatoms. The van der Waals surface area contributed by atoms with Gasteiger partial charge in [0.1, 0.15) is 0 Å². The minimum absolute atomic E-state index is 0.425. The molecule has 1 rings (SSSR count). The normalized spacial score (nSPS) is 34.1. The minimum atomic E-state index is 0.425. The average Bonchev–Trinajstić information content (AvgIpc) is 2.04. The van der Waals surface area contributed by atoms with Gasteiger partial charge in [0.25, 0.3) is 0 Å². The van der Waals surface area contributed by atoms with E-state index >= 15 is 0 Å². The van der Waals surface area contributed by atoms with Crippen molar-refractivity contribution in [3.63, 3.8) is 0 Å². The van der Waals surface area contributed by atoms with Gasteiger partial charge >= 0.3 is 0 Å². The maximum atomic E-state index is 6.01. The molecule has 0 amide bonds. The molecule has 66 valence electrons. The predicted octanol–water partition coefficient (Wildman–Crippen LogP) is 1.07. The Morgan fingerprint density at radius 2 is 2.18 bits per heavy atom. The largest absolute Gasteiger partial charge is 0.326 e. The fourth-order valence-electron chi connectivity index (χ4n) is 1.90. The first kappa shape index (κ1) is 9.01. The number of rotatable bonds is 2. The Labute approximate surface area is 69.8 Å². The highest BCUT2D eigenvalue weighted by molar-refractivity contribution is 4.81. The van der Waals surface area contributed by atoms with Crippen LogP contribution in [0.1, 0.15) is 26.7 Å². The molecule has 1 aliphatic heterocycles. The molecular weight excluding hydrogens is 136 g/mol. The maximum absolute atomic E-state index is 6.01. The highest BCUT2D eigenvalue weighted by Crippen LogP contribution is 2.18. The summed E-state index contributed by atoms with van der Waals surface area (Å²) in [6.45, 7) is 7.97. The third-order valence-electron chi connectivity index (χ3n) is 2.86. The van der Waals surface area contributed by atoms with Crippen LogP contribution in [-0.4, -0.2) is 30.6 Å². The zero-order valence-electron chi connectivity index (χ0n) is 7.71. The Bertz CT molecular complexity index is 114. The second-order valence-corrected chi connectivity index (χ2v) is 3.51. The lowest BCUT2D eigenvalue weighted by Gasteiger charge is -2.35. The summed E-state index contributed by atoms with van der Waals surface area (Å²) in [6.07, 6.45) is 2.55. The number of hydrogen-bond acceptors (Lipinski definition) is 2. The Balaban J connectivity index is 2.34. The number of nitrogens with two attached hydrogens (primary N) is 1. The lowest BCUT2D eigenvalue weighted by atomic mass is 9.90. The van der Waals surface area contributed by atoms with Crippen molar-refractivity contribution in [2.75, 3.05) is 19.6 Å². The first-order valence-electron chi connectivity index (χ1n) is 4.75. The molecule has 2 N–H and O–H groups in total. The molecule has 2 unspecified atom stereocenters. The highest BCUT2D eigenvalue weighted by Gasteiger charge is 2.23. The number of likely N-dealkylation sites (tertiary alicyclic amines) is 1. The van der Waals surface area contributed by atoms with Crippen molar-refractivity contribution in [2.45, 2.75) is 32.7 Å². The molecule has 1 heterocycles. The van der Waals surface area contributed by atoms with Crippen LogP contribution in [0.5, 0.6) is 0 Å². The van der Waals surface area contributed by atoms with E-state index in [2.05, 4.69) is 18.7 Å². The second-order valence-electron chi connectivity index (χ2n) is 3.51. The smallest absolute Gasteiger partial charge is 0.0196 e. The zero-order chi connectivity index (χ0) is 8.27. The van der Waals surface area contributed by atoms with Gasteiger partial charge in [-0.15, -0.1) is 0 Å². The molecule has 1 aliphatic rings. The molecule has 0 radical (unpaired) electrons. The van der Waals surface area contributed by atoms with Gasteiger partial charge in [0.2, 0.25) is 0 Å². The lowest BCUT2D eigenvalue weighted by molar-refractivity contribution is 0.164. The molecule has 0 aromatic rings. The highest BCUT2D eigenvalue weighted by atomic mass is 15.1. The van der Waals surface area contributed by atoms with E-state index < -0.39 is 0 Å². The van der Waals surface area contributed by atoms with E-state index in [9.17, 15) is 0 Å². The molecular formula is C9H20N2. The second kappa shape index (κ2) is 4.07. The number of piperidine rings is 1. The molecule has 0 aromatic carbocycles. The Kier molecular flexibility index (Phi) is 3.34. The Hall–Kier alpha value is -0.0800. The van der Waals surface area contributed by atoms with Crippen LogP contribution in [-0.2, 0) is 0 Å². The first-order valence-corrected chi connectivity index (χ1v) is 4.75. The SMILES string of the molecule is CCC1CCN(CC)CC1N. The summed E-state index contributed by atoms with van der Waals surface area (Å²) in [4.78, 5) is 2.44. The molecule has 0 aromatic heterocycles. The Morgan fingerprint density at radius 3 is 2.64 bits per heavy atom. The molecule has 2 nitrogen and oxygen atoms in total. The van der Waals surface area contributed by atoms with Crippen molar-refractivity contribution < 1.29 is 0 Å². The summed E-state index contributed by atoms with van der Waals surface area (Å²) < 4.78 is 0. The quantitative estimate of drug-likeness (QED) is 0.648. The summed E-state index contributed by atoms with van der Waals surface area (Å²) in [5.41, 5.74) is 6.01. The van der Waals surface area contributed by atoms with E-state index in [1.165, 1.54) is 19.4 Å². The average molecular weight is 156 g/mol. The standard InChI is InChI=1S/C9H20N2/c1-3-8-5-6-11(4-2)7-9(8)10/h8-9H,3-7,10H2,1-2H3. The summed E-state index contributed by atoms with van der Waals surface area (Å²) in [5, 5.41) is 0. The van der Waals surface area contributed by atoms with Crippen LogP contribution in [0.15, 0.2) is 0 Å². The van der Waals surface area contributed by atoms with Crippen molar-refractivity contribution >= 4 is 0 Å². The van der Waals surface area contributed by atoms with Gasteiger partial charge in [0, 0.05) is 12.6 Å². The first-order chi connectivity index (χ1) is 5.27. The van der Waals surface area contributed by atoms with Gasteiger partial charge in [-0.2, -0.15) is 0 Å². The summed E-state index contributed by atoms with van der Waals surface area (Å²) in [5.74, 6) is 0.776. The molecule has 11 heavy (non-hydrogen) atoms. The topological polar surface area (TPSA) is 29.3 Å². The van der Waals surface area contributed by atoms with Crippen LogP contribution in [0.4, 0.5) is 0 Å². The predicted molar refractivity (Wildman–Crippen MR) is 48.5 cm³/mol. The van der Waals surface area contributed by atoms with E-state index in [0.29, 0.717) is 6.04 Å². The molecule has 0 bridgehead atoms. The molecule has 0 saturated carbocycles. The summed E-state index contributed by atoms with van der Waals surface area (Å²) in [6, 6.07) is 0.425. The number of hydrogen-bond donors (Lipinski definition) is 1. The maximum Gasteiger partial charge on any atom is 0.0196 e. The van der Waals surface area contributed by atoms with Gasteiger partial charge in [-0.05, 0) is 25.4 Å². The van der Waals surface area contributed by atoms with E-state index in [4.69, 9.17) is 5.73 Å². The third-order valence-corrected chi connectivity index (χ3v) is 2.86. The summed E-state index contributed by atoms with van der Waals surface area (Å²) in [7, 11) is 0. The van der Waals surface area contributed by atoms with Gasteiger partial charge in [-0.25, -0.2) is 0 Å². The molecule has 2 atom stereocenters. The third kappa shape index (κ3) is 2.17. The van der Waals surface area contributed by atoms with E-state index in [0.717, 1.165) is 19.0 Å². The van der Waals surface area contributed by atoms with Crippen LogP contribution in [0.25, 0.3) is 0 Å². The fourth-order valence-corrected chi connectivity index (χ4v) is 1.90. The lowest BCUT2D eigenvalue weighted by Crippen LogP contribution is -2.48. The summed E-state index contributed by atoms with van der Waals surface area (Å²) >= 11 is 0. The molecule has 0 aliphatic carbocycles. The van der Waals surface area contributed by atoms with Crippen LogP contribution in [0, 0.1) is 5.92 Å². The van der Waals surface area contributed by atoms with Crippen LogP contribution < -0.4 is 5.73 Å². The van der Waals surface area contributed by atoms with Gasteiger partial charge in [-0.1, -0.05) is 20.3 Å². The van der Waals surface area contributed by atoms with Crippen LogP contribution in [0.3, 0.4) is 0 Å². The van der Waals surface area contributed by atoms with Crippen molar-refractivity contribution in [3.8, 4) is 0 Å². The van der Waals surface area contributed by atoms with E-state index in [1.54, 1.807) is 0 Å². The van der Waals surface area contributed by atoms with E-state index in [-0.39, 0.29) is 0 Å². The Morgan fingerprint density at radius 1 is 1.45 bits per heavy atom. The van der Waals surface area contributed by atoms with E-state index in [1.807, 2.05) is 0 Å². The van der Waals surface area contributed by atoms with Crippen molar-refractivity contribution in [1.82, 2.24) is 4.90 Å². The molecule has 0 spiro atoms. The van der Waals surface area contributed by atoms with Gasteiger partial charge in [0.05, 0.1) is 0 Å². The van der Waals surface area contributed by atoms with Crippen molar-refractivity contribution in [3.05, 3.63) is 0 Å². The fraction of sp³-hybridized carbons (Fsp3) is 1.00. The minimum Gasteiger partial charge on any atom is -0.326 e. The molecule has 1 saturated heterocycles. The van der Waals surface area contributed by atoms with Gasteiger partial charge < -0.3 is 10.6 Å². The zero-order valence-corrected chi connectivity index (χ0v) is 7.71. The van der Waals surface area contributed by atoms with Crippen LogP contribution in [0.2, 0.25) is 0 Å². The number of nitrogens with zero attached hydrogens (tertiary/aromatic N) is 1.